The summed E-state index contributed by atoms with van der Waals surface area (Å²) in [4.78, 5) is 24.3. The van der Waals surface area contributed by atoms with Crippen molar-refractivity contribution < 1.29 is 19.1 Å². The van der Waals surface area contributed by atoms with Crippen LogP contribution in [0.25, 0.3) is 0 Å². The van der Waals surface area contributed by atoms with Crippen LogP contribution < -0.4 is 0 Å². The molecule has 1 aliphatic rings. The van der Waals surface area contributed by atoms with Crippen LogP contribution >= 0.6 is 0 Å². The van der Waals surface area contributed by atoms with Crippen molar-refractivity contribution >= 4 is 11.9 Å². The zero-order chi connectivity index (χ0) is 10.6. The Morgan fingerprint density at radius 1 is 1.43 bits per heavy atom. The highest BCUT2D eigenvalue weighted by molar-refractivity contribution is 5.85. The molecular formula is C9H15NO4. The number of rotatable bonds is 3. The molecule has 14 heavy (non-hydrogen) atoms. The Morgan fingerprint density at radius 3 is 2.71 bits per heavy atom. The molecule has 1 saturated heterocycles. The number of nitrogens with zero attached hydrogens (tertiary/aromatic N) is 1. The van der Waals surface area contributed by atoms with Gasteiger partial charge in [-0.25, -0.2) is 4.79 Å². The molecule has 0 radical (unpaired) electrons. The van der Waals surface area contributed by atoms with Crippen molar-refractivity contribution in [3.05, 3.63) is 0 Å². The monoisotopic (exact) mass is 201 g/mol. The second-order valence-corrected chi connectivity index (χ2v) is 3.20. The maximum Gasteiger partial charge on any atom is 0.328 e. The molecule has 0 aromatic heterocycles. The van der Waals surface area contributed by atoms with Crippen LogP contribution in [0, 0.1) is 0 Å². The fourth-order valence-electron chi connectivity index (χ4n) is 1.65. The van der Waals surface area contributed by atoms with E-state index in [-0.39, 0.29) is 18.5 Å². The zero-order valence-corrected chi connectivity index (χ0v) is 8.49. The number of ether oxygens (including phenoxy) is 2. The Bertz CT molecular complexity index is 229. The summed E-state index contributed by atoms with van der Waals surface area (Å²) in [7, 11) is 2.79. The lowest BCUT2D eigenvalue weighted by Gasteiger charge is -2.21. The van der Waals surface area contributed by atoms with Crippen LogP contribution in [0.1, 0.15) is 12.8 Å². The van der Waals surface area contributed by atoms with E-state index in [1.165, 1.54) is 19.1 Å². The number of likely N-dealkylation sites (tertiary alicyclic amines) is 1. The Labute approximate surface area is 83.0 Å². The van der Waals surface area contributed by atoms with Crippen molar-refractivity contribution in [2.45, 2.75) is 18.9 Å². The van der Waals surface area contributed by atoms with Crippen molar-refractivity contribution in [2.75, 3.05) is 27.4 Å². The van der Waals surface area contributed by atoms with Gasteiger partial charge in [0, 0.05) is 13.7 Å². The van der Waals surface area contributed by atoms with Crippen LogP contribution in [0.3, 0.4) is 0 Å². The van der Waals surface area contributed by atoms with Crippen molar-refractivity contribution in [3.63, 3.8) is 0 Å². The fourth-order valence-corrected chi connectivity index (χ4v) is 1.65. The molecule has 1 aliphatic heterocycles. The van der Waals surface area contributed by atoms with Gasteiger partial charge in [-0.3, -0.25) is 4.79 Å². The zero-order valence-electron chi connectivity index (χ0n) is 8.49. The van der Waals surface area contributed by atoms with Crippen molar-refractivity contribution in [1.82, 2.24) is 4.90 Å². The molecule has 0 saturated carbocycles. The summed E-state index contributed by atoms with van der Waals surface area (Å²) in [5, 5.41) is 0. The predicted molar refractivity (Wildman–Crippen MR) is 48.6 cm³/mol. The molecule has 0 aliphatic carbocycles. The maximum absolute atomic E-state index is 11.5. The number of carbonyl (C=O) groups excluding carboxylic acids is 2. The summed E-state index contributed by atoms with van der Waals surface area (Å²) in [6.07, 6.45) is 1.53. The normalized spacial score (nSPS) is 21.0. The Balaban J connectivity index is 2.59. The lowest BCUT2D eigenvalue weighted by molar-refractivity contribution is -0.152. The van der Waals surface area contributed by atoms with Gasteiger partial charge < -0.3 is 14.4 Å². The third kappa shape index (κ3) is 2.23. The Hall–Kier alpha value is -1.10. The van der Waals surface area contributed by atoms with Crippen LogP contribution in [0.15, 0.2) is 0 Å². The first-order valence-corrected chi connectivity index (χ1v) is 4.57. The average molecular weight is 201 g/mol. The Morgan fingerprint density at radius 2 is 2.14 bits per heavy atom. The van der Waals surface area contributed by atoms with Gasteiger partial charge in [0.15, 0.2) is 0 Å². The van der Waals surface area contributed by atoms with E-state index >= 15 is 0 Å². The summed E-state index contributed by atoms with van der Waals surface area (Å²) >= 11 is 0. The van der Waals surface area contributed by atoms with E-state index in [4.69, 9.17) is 4.74 Å². The number of amides is 1. The summed E-state index contributed by atoms with van der Waals surface area (Å²) in [5.74, 6) is -0.493. The second kappa shape index (κ2) is 4.95. The highest BCUT2D eigenvalue weighted by Gasteiger charge is 2.34. The van der Waals surface area contributed by atoms with Gasteiger partial charge >= 0.3 is 5.97 Å². The molecule has 1 atom stereocenters. The minimum Gasteiger partial charge on any atom is -0.467 e. The van der Waals surface area contributed by atoms with Crippen LogP contribution in [-0.2, 0) is 19.1 Å². The van der Waals surface area contributed by atoms with Crippen molar-refractivity contribution in [1.29, 1.82) is 0 Å². The minimum atomic E-state index is -0.414. The first kappa shape index (κ1) is 11.0. The first-order chi connectivity index (χ1) is 6.70. The third-order valence-electron chi connectivity index (χ3n) is 2.31. The van der Waals surface area contributed by atoms with Gasteiger partial charge in [-0.2, -0.15) is 0 Å². The van der Waals surface area contributed by atoms with Crippen molar-refractivity contribution in [3.8, 4) is 0 Å². The highest BCUT2D eigenvalue weighted by Crippen LogP contribution is 2.18. The minimum absolute atomic E-state index is 0.0213. The summed E-state index contributed by atoms with van der Waals surface area (Å²) < 4.78 is 9.35. The molecule has 1 heterocycles. The van der Waals surface area contributed by atoms with Crippen molar-refractivity contribution in [2.24, 2.45) is 0 Å². The van der Waals surface area contributed by atoms with E-state index in [0.717, 1.165) is 6.42 Å². The van der Waals surface area contributed by atoms with E-state index in [2.05, 4.69) is 4.74 Å². The van der Waals surface area contributed by atoms with E-state index in [0.29, 0.717) is 13.0 Å². The molecule has 1 amide bonds. The molecule has 0 N–H and O–H groups in total. The topological polar surface area (TPSA) is 55.8 Å². The van der Waals surface area contributed by atoms with E-state index in [1.807, 2.05) is 0 Å². The predicted octanol–water partition coefficient (Wildman–Crippen LogP) is -0.203. The second-order valence-electron chi connectivity index (χ2n) is 3.20. The summed E-state index contributed by atoms with van der Waals surface area (Å²) in [6.45, 7) is 0.634. The van der Waals surface area contributed by atoms with E-state index < -0.39 is 6.04 Å². The number of hydrogen-bond acceptors (Lipinski definition) is 4. The Kier molecular flexibility index (Phi) is 3.88. The fraction of sp³-hybridized carbons (Fsp3) is 0.778. The van der Waals surface area contributed by atoms with Gasteiger partial charge in [0.1, 0.15) is 12.6 Å². The molecule has 1 rings (SSSR count). The average Bonchev–Trinajstić information content (AvgIpc) is 2.65. The third-order valence-corrected chi connectivity index (χ3v) is 2.31. The molecule has 0 aromatic carbocycles. The highest BCUT2D eigenvalue weighted by atomic mass is 16.5. The van der Waals surface area contributed by atoms with Crippen LogP contribution in [-0.4, -0.2) is 50.2 Å². The lowest BCUT2D eigenvalue weighted by atomic mass is 10.2. The van der Waals surface area contributed by atoms with E-state index in [1.54, 1.807) is 0 Å². The molecule has 80 valence electrons. The summed E-state index contributed by atoms with van der Waals surface area (Å²) in [6, 6.07) is -0.414. The molecule has 1 fully saturated rings. The van der Waals surface area contributed by atoms with Gasteiger partial charge in [0.05, 0.1) is 7.11 Å². The number of methoxy groups -OCH3 is 2. The molecule has 0 bridgehead atoms. The molecule has 0 unspecified atom stereocenters. The maximum atomic E-state index is 11.5. The van der Waals surface area contributed by atoms with Gasteiger partial charge in [-0.1, -0.05) is 0 Å². The smallest absolute Gasteiger partial charge is 0.328 e. The van der Waals surface area contributed by atoms with Crippen LogP contribution in [0.5, 0.6) is 0 Å². The molecule has 5 nitrogen and oxygen atoms in total. The number of carbonyl (C=O) groups is 2. The standard InChI is InChI=1S/C9H15NO4/c1-13-6-8(11)10-5-3-4-7(10)9(12)14-2/h7H,3-6H2,1-2H3/t7-/m0/s1. The van der Waals surface area contributed by atoms with Gasteiger partial charge in [0.2, 0.25) is 5.91 Å². The van der Waals surface area contributed by atoms with Gasteiger partial charge in [-0.15, -0.1) is 0 Å². The largest absolute Gasteiger partial charge is 0.467 e. The number of esters is 1. The van der Waals surface area contributed by atoms with Gasteiger partial charge in [0.25, 0.3) is 0 Å². The molecule has 0 spiro atoms. The SMILES string of the molecule is COCC(=O)N1CCC[C@H]1C(=O)OC. The van der Waals surface area contributed by atoms with Crippen LogP contribution in [0.2, 0.25) is 0 Å². The number of hydrogen-bond donors (Lipinski definition) is 0. The molecule has 5 heteroatoms. The molecule has 0 aromatic rings. The lowest BCUT2D eigenvalue weighted by Crippen LogP contribution is -2.42. The van der Waals surface area contributed by atoms with E-state index in [9.17, 15) is 9.59 Å². The van der Waals surface area contributed by atoms with Crippen LogP contribution in [0.4, 0.5) is 0 Å². The molecular weight excluding hydrogens is 186 g/mol. The first-order valence-electron chi connectivity index (χ1n) is 4.57. The van der Waals surface area contributed by atoms with Gasteiger partial charge in [-0.05, 0) is 12.8 Å². The summed E-state index contributed by atoms with van der Waals surface area (Å²) in [5.41, 5.74) is 0. The quantitative estimate of drug-likeness (QED) is 0.593.